The summed E-state index contributed by atoms with van der Waals surface area (Å²) in [6.07, 6.45) is 0. The highest BCUT2D eigenvalue weighted by Crippen LogP contribution is 2.24. The highest BCUT2D eigenvalue weighted by molar-refractivity contribution is 6.32. The van der Waals surface area contributed by atoms with Crippen molar-refractivity contribution in [2.45, 2.75) is 0 Å². The number of halogens is 1. The lowest BCUT2D eigenvalue weighted by Gasteiger charge is -2.07. The molecule has 2 aromatic carbocycles. The minimum Gasteiger partial charge on any atom is -0.507 e. The average molecular weight is 326 g/mol. The Hall–Kier alpha value is -2.97. The number of allylic oxidation sites excluding steroid dienone is 1. The van der Waals surface area contributed by atoms with Crippen LogP contribution in [0.1, 0.15) is 5.82 Å². The van der Waals surface area contributed by atoms with Gasteiger partial charge in [0.2, 0.25) is 0 Å². The number of hydrogen-bond donors (Lipinski definition) is 2. The molecule has 0 amide bonds. The lowest BCUT2D eigenvalue weighted by atomic mass is 10.2. The first kappa shape index (κ1) is 14.9. The number of aromatic amines is 1. The topological polar surface area (TPSA) is 81.9 Å². The lowest BCUT2D eigenvalue weighted by Crippen LogP contribution is -2.04. The van der Waals surface area contributed by atoms with E-state index in [9.17, 15) is 10.4 Å². The van der Waals surface area contributed by atoms with Gasteiger partial charge in [-0.25, -0.2) is 4.98 Å². The summed E-state index contributed by atoms with van der Waals surface area (Å²) in [7, 11) is 0. The highest BCUT2D eigenvalue weighted by Gasteiger charge is 2.14. The van der Waals surface area contributed by atoms with Crippen LogP contribution in [0.15, 0.2) is 54.3 Å². The second-order valence-corrected chi connectivity index (χ2v) is 5.16. The molecule has 0 aliphatic heterocycles. The number of hydrogen-bond acceptors (Lipinski definition) is 4. The Bertz CT molecular complexity index is 892. The van der Waals surface area contributed by atoms with E-state index in [1.807, 2.05) is 30.3 Å². The summed E-state index contributed by atoms with van der Waals surface area (Å²) in [5.41, 5.74) is 1.54. The van der Waals surface area contributed by atoms with Crippen molar-refractivity contribution >= 4 is 28.2 Å². The van der Waals surface area contributed by atoms with Crippen LogP contribution in [0.2, 0.25) is 5.02 Å². The largest absolute Gasteiger partial charge is 0.507 e. The number of ether oxygens (including phenoxy) is 1. The Morgan fingerprint density at radius 2 is 1.96 bits per heavy atom. The molecule has 0 saturated heterocycles. The molecule has 0 spiro atoms. The first-order chi connectivity index (χ1) is 11.2. The Labute approximate surface area is 137 Å². The quantitative estimate of drug-likeness (QED) is 0.559. The summed E-state index contributed by atoms with van der Waals surface area (Å²) < 4.78 is 5.44. The second kappa shape index (κ2) is 6.42. The minimum absolute atomic E-state index is 0.0354. The molecule has 0 aliphatic carbocycles. The van der Waals surface area contributed by atoms with Crippen molar-refractivity contribution in [3.05, 3.63) is 65.1 Å². The van der Waals surface area contributed by atoms with Crippen LogP contribution in [0.25, 0.3) is 16.6 Å². The molecule has 114 valence electrons. The van der Waals surface area contributed by atoms with Crippen LogP contribution in [0.4, 0.5) is 0 Å². The number of nitriles is 1. The summed E-state index contributed by atoms with van der Waals surface area (Å²) in [4.78, 5) is 7.30. The van der Waals surface area contributed by atoms with Crippen molar-refractivity contribution in [1.29, 1.82) is 5.26 Å². The summed E-state index contributed by atoms with van der Waals surface area (Å²) >= 11 is 5.99. The fourth-order valence-corrected chi connectivity index (χ4v) is 2.30. The number of aliphatic hydroxyl groups excluding tert-OH is 1. The van der Waals surface area contributed by atoms with Gasteiger partial charge < -0.3 is 14.8 Å². The van der Waals surface area contributed by atoms with Gasteiger partial charge in [0.15, 0.2) is 11.6 Å². The van der Waals surface area contributed by atoms with Crippen LogP contribution in [-0.4, -0.2) is 21.7 Å². The van der Waals surface area contributed by atoms with E-state index in [1.165, 1.54) is 0 Å². The smallest absolute Gasteiger partial charge is 0.152 e. The van der Waals surface area contributed by atoms with Gasteiger partial charge in [0.05, 0.1) is 16.1 Å². The first-order valence-corrected chi connectivity index (χ1v) is 7.21. The number of nitrogens with one attached hydrogen (secondary N) is 1. The van der Waals surface area contributed by atoms with Crippen LogP contribution < -0.4 is 4.74 Å². The molecule has 3 rings (SSSR count). The number of imidazole rings is 1. The molecule has 1 heterocycles. The number of para-hydroxylation sites is 3. The summed E-state index contributed by atoms with van der Waals surface area (Å²) in [6, 6.07) is 16.2. The number of benzene rings is 2. The fraction of sp³-hybridized carbons (Fsp3) is 0.0588. The third-order valence-corrected chi connectivity index (χ3v) is 3.54. The molecule has 0 fully saturated rings. The third kappa shape index (κ3) is 3.12. The Morgan fingerprint density at radius 1 is 1.22 bits per heavy atom. The van der Waals surface area contributed by atoms with Crippen molar-refractivity contribution in [2.24, 2.45) is 0 Å². The number of H-pyrrole nitrogens is 1. The van der Waals surface area contributed by atoms with Crippen molar-refractivity contribution in [2.75, 3.05) is 6.61 Å². The van der Waals surface area contributed by atoms with Crippen LogP contribution >= 0.6 is 11.6 Å². The molecule has 23 heavy (non-hydrogen) atoms. The number of aliphatic hydroxyl groups is 1. The molecule has 5 nitrogen and oxygen atoms in total. The number of rotatable bonds is 4. The van der Waals surface area contributed by atoms with Gasteiger partial charge in [0.1, 0.15) is 24.0 Å². The molecular formula is C17H12ClN3O2. The van der Waals surface area contributed by atoms with E-state index < -0.39 is 0 Å². The maximum Gasteiger partial charge on any atom is 0.152 e. The molecule has 0 atom stereocenters. The SMILES string of the molecule is N#C/C(=C(/O)COc1ccccc1Cl)c1nc2ccccc2[nH]1. The van der Waals surface area contributed by atoms with E-state index in [1.54, 1.807) is 24.3 Å². The van der Waals surface area contributed by atoms with Crippen LogP contribution in [0, 0.1) is 11.3 Å². The predicted octanol–water partition coefficient (Wildman–Crippen LogP) is 4.09. The van der Waals surface area contributed by atoms with Crippen molar-refractivity contribution in [3.63, 3.8) is 0 Å². The summed E-state index contributed by atoms with van der Waals surface area (Å²) in [6.45, 7) is -0.177. The van der Waals surface area contributed by atoms with Gasteiger partial charge in [-0.2, -0.15) is 5.26 Å². The maximum atomic E-state index is 10.2. The minimum atomic E-state index is -0.216. The maximum absolute atomic E-state index is 10.2. The molecule has 3 aromatic rings. The molecular weight excluding hydrogens is 314 g/mol. The monoisotopic (exact) mass is 325 g/mol. The number of aromatic nitrogens is 2. The summed E-state index contributed by atoms with van der Waals surface area (Å²) in [5.74, 6) is 0.517. The predicted molar refractivity (Wildman–Crippen MR) is 88.2 cm³/mol. The molecule has 2 N–H and O–H groups in total. The lowest BCUT2D eigenvalue weighted by molar-refractivity contribution is 0.272. The highest BCUT2D eigenvalue weighted by atomic mass is 35.5. The zero-order valence-electron chi connectivity index (χ0n) is 12.0. The van der Waals surface area contributed by atoms with E-state index in [4.69, 9.17) is 16.3 Å². The molecule has 1 aromatic heterocycles. The van der Waals surface area contributed by atoms with Gasteiger partial charge in [-0.15, -0.1) is 0 Å². The zero-order valence-corrected chi connectivity index (χ0v) is 12.7. The molecule has 0 bridgehead atoms. The third-order valence-electron chi connectivity index (χ3n) is 3.23. The Kier molecular flexibility index (Phi) is 4.18. The van der Waals surface area contributed by atoms with E-state index in [-0.39, 0.29) is 17.9 Å². The normalized spacial score (nSPS) is 11.8. The first-order valence-electron chi connectivity index (χ1n) is 6.83. The standard InChI is InChI=1S/C17H12ClN3O2/c18-12-5-1-4-8-16(12)23-10-15(22)11(9-19)17-20-13-6-2-3-7-14(13)21-17/h1-8,22H,10H2,(H,20,21)/b15-11-. The number of fused-ring (bicyclic) bond motifs is 1. The summed E-state index contributed by atoms with van der Waals surface area (Å²) in [5, 5.41) is 19.9. The van der Waals surface area contributed by atoms with Gasteiger partial charge in [0, 0.05) is 0 Å². The van der Waals surface area contributed by atoms with Crippen LogP contribution in [-0.2, 0) is 0 Å². The van der Waals surface area contributed by atoms with E-state index >= 15 is 0 Å². The van der Waals surface area contributed by atoms with Gasteiger partial charge >= 0.3 is 0 Å². The Morgan fingerprint density at radius 3 is 2.70 bits per heavy atom. The van der Waals surface area contributed by atoms with Crippen LogP contribution in [0.5, 0.6) is 5.75 Å². The van der Waals surface area contributed by atoms with Crippen molar-refractivity contribution in [3.8, 4) is 11.8 Å². The van der Waals surface area contributed by atoms with Gasteiger partial charge in [0.25, 0.3) is 0 Å². The van der Waals surface area contributed by atoms with Crippen molar-refractivity contribution in [1.82, 2.24) is 9.97 Å². The van der Waals surface area contributed by atoms with Gasteiger partial charge in [-0.1, -0.05) is 35.9 Å². The van der Waals surface area contributed by atoms with E-state index in [0.717, 1.165) is 11.0 Å². The Balaban J connectivity index is 1.87. The van der Waals surface area contributed by atoms with E-state index in [2.05, 4.69) is 9.97 Å². The van der Waals surface area contributed by atoms with Gasteiger partial charge in [-0.3, -0.25) is 0 Å². The zero-order chi connectivity index (χ0) is 16.2. The molecule has 0 saturated carbocycles. The second-order valence-electron chi connectivity index (χ2n) is 4.76. The molecule has 0 unspecified atom stereocenters. The number of nitrogens with zero attached hydrogens (tertiary/aromatic N) is 2. The molecule has 6 heteroatoms. The fourth-order valence-electron chi connectivity index (χ4n) is 2.11. The molecule has 0 radical (unpaired) electrons. The van der Waals surface area contributed by atoms with Crippen LogP contribution in [0.3, 0.4) is 0 Å². The molecule has 0 aliphatic rings. The van der Waals surface area contributed by atoms with Crippen molar-refractivity contribution < 1.29 is 9.84 Å². The van der Waals surface area contributed by atoms with E-state index in [0.29, 0.717) is 16.6 Å². The average Bonchev–Trinajstić information content (AvgIpc) is 2.98. The van der Waals surface area contributed by atoms with Gasteiger partial charge in [-0.05, 0) is 24.3 Å².